The van der Waals surface area contributed by atoms with Crippen LogP contribution in [0.2, 0.25) is 5.02 Å². The van der Waals surface area contributed by atoms with Crippen molar-refractivity contribution in [3.63, 3.8) is 0 Å². The van der Waals surface area contributed by atoms with Crippen LogP contribution in [0, 0.1) is 6.92 Å². The number of nitrogens with one attached hydrogen (secondary N) is 1. The van der Waals surface area contributed by atoms with E-state index in [2.05, 4.69) is 5.32 Å². The molecule has 0 aromatic heterocycles. The Morgan fingerprint density at radius 1 is 1.42 bits per heavy atom. The summed E-state index contributed by atoms with van der Waals surface area (Å²) in [6.45, 7) is 4.37. The molecule has 0 radical (unpaired) electrons. The van der Waals surface area contributed by atoms with E-state index < -0.39 is 12.0 Å². The van der Waals surface area contributed by atoms with E-state index in [0.717, 1.165) is 12.0 Å². The Balaban J connectivity index is 2.97. The molecule has 1 unspecified atom stereocenters. The highest BCUT2D eigenvalue weighted by Gasteiger charge is 2.23. The van der Waals surface area contributed by atoms with Crippen LogP contribution in [0.5, 0.6) is 0 Å². The van der Waals surface area contributed by atoms with E-state index in [0.29, 0.717) is 17.1 Å². The SMILES string of the molecule is CCCNC(CC(=O)O)C(=O)c1cc(Cl)ccc1C. The molecule has 0 spiro atoms. The Kier molecular flexibility index (Phi) is 5.99. The third-order valence-electron chi connectivity index (χ3n) is 2.80. The quantitative estimate of drug-likeness (QED) is 0.755. The van der Waals surface area contributed by atoms with Crippen molar-refractivity contribution in [1.82, 2.24) is 5.32 Å². The number of benzene rings is 1. The number of halogens is 1. The second-order valence-electron chi connectivity index (χ2n) is 4.43. The number of carbonyl (C=O) groups is 2. The highest BCUT2D eigenvalue weighted by Crippen LogP contribution is 2.18. The predicted molar refractivity (Wildman–Crippen MR) is 74.9 cm³/mol. The minimum atomic E-state index is -0.998. The maximum absolute atomic E-state index is 12.4. The average Bonchev–Trinajstić information content (AvgIpc) is 2.36. The van der Waals surface area contributed by atoms with Gasteiger partial charge in [-0.05, 0) is 37.6 Å². The number of hydrogen-bond donors (Lipinski definition) is 2. The van der Waals surface area contributed by atoms with Crippen molar-refractivity contribution in [3.8, 4) is 0 Å². The monoisotopic (exact) mass is 283 g/mol. The maximum atomic E-state index is 12.4. The van der Waals surface area contributed by atoms with Crippen LogP contribution in [-0.2, 0) is 4.79 Å². The molecule has 1 aromatic rings. The van der Waals surface area contributed by atoms with Gasteiger partial charge >= 0.3 is 5.97 Å². The first kappa shape index (κ1) is 15.7. The average molecular weight is 284 g/mol. The summed E-state index contributed by atoms with van der Waals surface area (Å²) in [5.74, 6) is -1.22. The summed E-state index contributed by atoms with van der Waals surface area (Å²) < 4.78 is 0. The second-order valence-corrected chi connectivity index (χ2v) is 4.86. The molecule has 1 rings (SSSR count). The van der Waals surface area contributed by atoms with Gasteiger partial charge in [0.05, 0.1) is 12.5 Å². The zero-order valence-electron chi connectivity index (χ0n) is 11.1. The van der Waals surface area contributed by atoms with Crippen LogP contribution in [-0.4, -0.2) is 29.4 Å². The Morgan fingerprint density at radius 2 is 2.11 bits per heavy atom. The summed E-state index contributed by atoms with van der Waals surface area (Å²) in [6.07, 6.45) is 0.600. The van der Waals surface area contributed by atoms with Gasteiger partial charge in [0.2, 0.25) is 0 Å². The van der Waals surface area contributed by atoms with Crippen LogP contribution < -0.4 is 5.32 Å². The Hall–Kier alpha value is -1.39. The summed E-state index contributed by atoms with van der Waals surface area (Å²) in [7, 11) is 0. The number of aliphatic carboxylic acids is 1. The van der Waals surface area contributed by atoms with Gasteiger partial charge < -0.3 is 10.4 Å². The minimum Gasteiger partial charge on any atom is -0.481 e. The standard InChI is InChI=1S/C14H18ClNO3/c1-3-6-16-12(8-13(17)18)14(19)11-7-10(15)5-4-9(11)2/h4-5,7,12,16H,3,6,8H2,1-2H3,(H,17,18). The maximum Gasteiger partial charge on any atom is 0.305 e. The lowest BCUT2D eigenvalue weighted by molar-refractivity contribution is -0.137. The lowest BCUT2D eigenvalue weighted by Gasteiger charge is -2.16. The number of ketones is 1. The summed E-state index contributed by atoms with van der Waals surface area (Å²) in [5, 5.41) is 12.3. The minimum absolute atomic E-state index is 0.226. The van der Waals surface area contributed by atoms with E-state index in [1.54, 1.807) is 25.1 Å². The van der Waals surface area contributed by atoms with E-state index >= 15 is 0 Å². The fraction of sp³-hybridized carbons (Fsp3) is 0.429. The van der Waals surface area contributed by atoms with Gasteiger partial charge in [-0.15, -0.1) is 0 Å². The van der Waals surface area contributed by atoms with E-state index in [9.17, 15) is 9.59 Å². The van der Waals surface area contributed by atoms with Crippen molar-refractivity contribution in [2.45, 2.75) is 32.7 Å². The van der Waals surface area contributed by atoms with Crippen LogP contribution in [0.1, 0.15) is 35.7 Å². The van der Waals surface area contributed by atoms with Gasteiger partial charge in [-0.3, -0.25) is 9.59 Å². The number of carboxylic acid groups (broad SMARTS) is 1. The van der Waals surface area contributed by atoms with Gasteiger partial charge in [0.15, 0.2) is 5.78 Å². The first-order chi connectivity index (χ1) is 8.95. The number of carboxylic acids is 1. The fourth-order valence-corrected chi connectivity index (χ4v) is 1.97. The van der Waals surface area contributed by atoms with Gasteiger partial charge in [0.25, 0.3) is 0 Å². The summed E-state index contributed by atoms with van der Waals surface area (Å²) >= 11 is 5.89. The van der Waals surface area contributed by atoms with Gasteiger partial charge in [-0.1, -0.05) is 24.6 Å². The topological polar surface area (TPSA) is 66.4 Å². The molecule has 0 saturated heterocycles. The van der Waals surface area contributed by atoms with Gasteiger partial charge in [0, 0.05) is 10.6 Å². The van der Waals surface area contributed by atoms with Crippen molar-refractivity contribution in [2.24, 2.45) is 0 Å². The summed E-state index contributed by atoms with van der Waals surface area (Å²) in [5.41, 5.74) is 1.27. The molecule has 5 heteroatoms. The molecule has 0 heterocycles. The molecule has 0 aliphatic heterocycles. The van der Waals surface area contributed by atoms with Crippen LogP contribution in [0.15, 0.2) is 18.2 Å². The fourth-order valence-electron chi connectivity index (χ4n) is 1.80. The van der Waals surface area contributed by atoms with Gasteiger partial charge in [-0.2, -0.15) is 0 Å². The number of carbonyl (C=O) groups excluding carboxylic acids is 1. The van der Waals surface area contributed by atoms with Crippen molar-refractivity contribution < 1.29 is 14.7 Å². The van der Waals surface area contributed by atoms with Crippen LogP contribution >= 0.6 is 11.6 Å². The van der Waals surface area contributed by atoms with E-state index in [1.807, 2.05) is 6.92 Å². The van der Waals surface area contributed by atoms with E-state index in [1.165, 1.54) is 0 Å². The van der Waals surface area contributed by atoms with E-state index in [-0.39, 0.29) is 12.2 Å². The molecular weight excluding hydrogens is 266 g/mol. The van der Waals surface area contributed by atoms with Crippen molar-refractivity contribution in [2.75, 3.05) is 6.54 Å². The molecule has 1 atom stereocenters. The van der Waals surface area contributed by atoms with Gasteiger partial charge in [-0.25, -0.2) is 0 Å². The Morgan fingerprint density at radius 3 is 2.68 bits per heavy atom. The van der Waals surface area contributed by atoms with Crippen LogP contribution in [0.3, 0.4) is 0 Å². The lowest BCUT2D eigenvalue weighted by atomic mass is 9.97. The molecule has 0 fully saturated rings. The third-order valence-corrected chi connectivity index (χ3v) is 3.04. The zero-order valence-corrected chi connectivity index (χ0v) is 11.8. The summed E-state index contributed by atoms with van der Waals surface area (Å²) in [4.78, 5) is 23.2. The zero-order chi connectivity index (χ0) is 14.4. The predicted octanol–water partition coefficient (Wildman–Crippen LogP) is 2.67. The largest absolute Gasteiger partial charge is 0.481 e. The lowest BCUT2D eigenvalue weighted by Crippen LogP contribution is -2.39. The molecule has 2 N–H and O–H groups in total. The van der Waals surface area contributed by atoms with Crippen LogP contribution in [0.4, 0.5) is 0 Å². The summed E-state index contributed by atoms with van der Waals surface area (Å²) in [6, 6.07) is 4.34. The number of Topliss-reactive ketones (excluding diaryl/α,β-unsaturated/α-hetero) is 1. The molecule has 0 aliphatic rings. The number of hydrogen-bond acceptors (Lipinski definition) is 3. The van der Waals surface area contributed by atoms with Gasteiger partial charge in [0.1, 0.15) is 0 Å². The molecule has 1 aromatic carbocycles. The van der Waals surface area contributed by atoms with E-state index in [4.69, 9.17) is 16.7 Å². The third kappa shape index (κ3) is 4.65. The molecule has 104 valence electrons. The van der Waals surface area contributed by atoms with Crippen LogP contribution in [0.25, 0.3) is 0 Å². The molecule has 0 amide bonds. The molecule has 0 aliphatic carbocycles. The Bertz CT molecular complexity index is 474. The molecular formula is C14H18ClNO3. The molecule has 0 bridgehead atoms. The normalized spacial score (nSPS) is 12.2. The molecule has 19 heavy (non-hydrogen) atoms. The van der Waals surface area contributed by atoms with Crippen molar-refractivity contribution in [3.05, 3.63) is 34.3 Å². The first-order valence-corrected chi connectivity index (χ1v) is 6.59. The first-order valence-electron chi connectivity index (χ1n) is 6.21. The molecule has 4 nitrogen and oxygen atoms in total. The smallest absolute Gasteiger partial charge is 0.305 e. The second kappa shape index (κ2) is 7.26. The number of rotatable bonds is 7. The highest BCUT2D eigenvalue weighted by molar-refractivity contribution is 6.31. The number of aryl methyl sites for hydroxylation is 1. The molecule has 0 saturated carbocycles. The highest BCUT2D eigenvalue weighted by atomic mass is 35.5. The Labute approximate surface area is 117 Å². The van der Waals surface area contributed by atoms with Crippen molar-refractivity contribution >= 4 is 23.4 Å². The van der Waals surface area contributed by atoms with Crippen molar-refractivity contribution in [1.29, 1.82) is 0 Å².